The maximum Gasteiger partial charge on any atom is 0.0371 e. The van der Waals surface area contributed by atoms with Gasteiger partial charge in [0.2, 0.25) is 0 Å². The molecule has 0 saturated heterocycles. The van der Waals surface area contributed by atoms with Gasteiger partial charge in [0.25, 0.3) is 0 Å². The van der Waals surface area contributed by atoms with Gasteiger partial charge in [-0.15, -0.1) is 0 Å². The Bertz CT molecular complexity index is 256. The normalized spacial score (nSPS) is 15.4. The van der Waals surface area contributed by atoms with E-state index in [2.05, 4.69) is 15.6 Å². The van der Waals surface area contributed by atoms with Gasteiger partial charge in [-0.3, -0.25) is 4.98 Å². The quantitative estimate of drug-likeness (QED) is 0.671. The highest BCUT2D eigenvalue weighted by Crippen LogP contribution is 2.18. The van der Waals surface area contributed by atoms with Crippen molar-refractivity contribution in [1.82, 2.24) is 10.3 Å². The average molecular weight is 191 g/mol. The molecule has 0 spiro atoms. The molecule has 1 aliphatic rings. The van der Waals surface area contributed by atoms with E-state index in [4.69, 9.17) is 0 Å². The number of nitrogens with one attached hydrogen (secondary N) is 2. The molecule has 0 atom stereocenters. The van der Waals surface area contributed by atoms with Crippen LogP contribution in [0, 0.1) is 0 Å². The van der Waals surface area contributed by atoms with Crippen molar-refractivity contribution in [3.05, 3.63) is 24.5 Å². The van der Waals surface area contributed by atoms with Crippen molar-refractivity contribution in [2.75, 3.05) is 18.4 Å². The van der Waals surface area contributed by atoms with Gasteiger partial charge in [-0.05, 0) is 37.9 Å². The van der Waals surface area contributed by atoms with Gasteiger partial charge in [0.05, 0.1) is 0 Å². The molecule has 0 aliphatic heterocycles. The van der Waals surface area contributed by atoms with Crippen molar-refractivity contribution in [1.29, 1.82) is 0 Å². The van der Waals surface area contributed by atoms with Crippen LogP contribution in [0.1, 0.15) is 19.3 Å². The molecule has 1 aromatic rings. The van der Waals surface area contributed by atoms with Crippen LogP contribution >= 0.6 is 0 Å². The van der Waals surface area contributed by atoms with E-state index in [1.165, 1.54) is 19.3 Å². The zero-order valence-electron chi connectivity index (χ0n) is 8.37. The Morgan fingerprint density at radius 2 is 2.00 bits per heavy atom. The maximum atomic E-state index is 3.97. The zero-order chi connectivity index (χ0) is 9.64. The molecule has 2 N–H and O–H groups in total. The first-order chi connectivity index (χ1) is 6.95. The molecule has 3 heteroatoms. The number of pyridine rings is 1. The third-order valence-corrected chi connectivity index (χ3v) is 2.37. The van der Waals surface area contributed by atoms with Gasteiger partial charge in [0.15, 0.2) is 0 Å². The highest BCUT2D eigenvalue weighted by Gasteiger charge is 2.19. The Balaban J connectivity index is 1.54. The second-order valence-corrected chi connectivity index (χ2v) is 3.74. The smallest absolute Gasteiger partial charge is 0.0371 e. The Hall–Kier alpha value is -1.09. The van der Waals surface area contributed by atoms with Crippen LogP contribution in [-0.2, 0) is 0 Å². The standard InChI is InChI=1S/C11H17N3/c1(6-13-10-2-3-10)7-14-11-4-8-12-9-5-11/h4-5,8-10,13H,1-3,6-7H2,(H,12,14). The lowest BCUT2D eigenvalue weighted by molar-refractivity contribution is 0.659. The number of rotatable bonds is 6. The molecular weight excluding hydrogens is 174 g/mol. The SMILES string of the molecule is c1cc(NCCCNC2CC2)ccn1. The van der Waals surface area contributed by atoms with Crippen LogP contribution in [0.25, 0.3) is 0 Å². The van der Waals surface area contributed by atoms with Crippen LogP contribution < -0.4 is 10.6 Å². The van der Waals surface area contributed by atoms with Crippen LogP contribution in [0.5, 0.6) is 0 Å². The Labute approximate surface area is 84.9 Å². The minimum absolute atomic E-state index is 0.830. The molecule has 2 rings (SSSR count). The van der Waals surface area contributed by atoms with Crippen molar-refractivity contribution in [2.45, 2.75) is 25.3 Å². The molecule has 76 valence electrons. The lowest BCUT2D eigenvalue weighted by Gasteiger charge is -2.05. The summed E-state index contributed by atoms with van der Waals surface area (Å²) in [5.74, 6) is 0. The number of hydrogen-bond donors (Lipinski definition) is 2. The van der Waals surface area contributed by atoms with Crippen molar-refractivity contribution >= 4 is 5.69 Å². The molecule has 0 unspecified atom stereocenters. The van der Waals surface area contributed by atoms with Crippen LogP contribution in [0.2, 0.25) is 0 Å². The fourth-order valence-electron chi connectivity index (χ4n) is 1.38. The first-order valence-electron chi connectivity index (χ1n) is 5.32. The number of aromatic nitrogens is 1. The lowest BCUT2D eigenvalue weighted by atomic mass is 10.3. The molecule has 1 aromatic heterocycles. The van der Waals surface area contributed by atoms with Crippen LogP contribution in [-0.4, -0.2) is 24.1 Å². The van der Waals surface area contributed by atoms with E-state index in [0.717, 1.165) is 24.8 Å². The molecular formula is C11H17N3. The molecule has 0 radical (unpaired) electrons. The first kappa shape index (κ1) is 9.46. The van der Waals surface area contributed by atoms with E-state index in [1.54, 1.807) is 0 Å². The highest BCUT2D eigenvalue weighted by molar-refractivity contribution is 5.40. The Morgan fingerprint density at radius 3 is 2.71 bits per heavy atom. The van der Waals surface area contributed by atoms with E-state index in [0.29, 0.717) is 0 Å². The molecule has 3 nitrogen and oxygen atoms in total. The molecule has 14 heavy (non-hydrogen) atoms. The number of hydrogen-bond acceptors (Lipinski definition) is 3. The first-order valence-corrected chi connectivity index (χ1v) is 5.32. The molecule has 1 fully saturated rings. The van der Waals surface area contributed by atoms with Crippen molar-refractivity contribution < 1.29 is 0 Å². The van der Waals surface area contributed by atoms with E-state index >= 15 is 0 Å². The Kier molecular flexibility index (Phi) is 3.35. The fourth-order valence-corrected chi connectivity index (χ4v) is 1.38. The maximum absolute atomic E-state index is 3.97. The highest BCUT2D eigenvalue weighted by atomic mass is 15.0. The van der Waals surface area contributed by atoms with Crippen LogP contribution in [0.4, 0.5) is 5.69 Å². The van der Waals surface area contributed by atoms with Crippen molar-refractivity contribution in [3.8, 4) is 0 Å². The minimum Gasteiger partial charge on any atom is -0.385 e. The lowest BCUT2D eigenvalue weighted by Crippen LogP contribution is -2.19. The zero-order valence-corrected chi connectivity index (χ0v) is 8.37. The van der Waals surface area contributed by atoms with E-state index in [1.807, 2.05) is 24.5 Å². The van der Waals surface area contributed by atoms with Gasteiger partial charge >= 0.3 is 0 Å². The summed E-state index contributed by atoms with van der Waals surface area (Å²) in [6, 6.07) is 4.82. The Morgan fingerprint density at radius 1 is 1.21 bits per heavy atom. The summed E-state index contributed by atoms with van der Waals surface area (Å²) in [6.45, 7) is 2.16. The topological polar surface area (TPSA) is 37.0 Å². The second-order valence-electron chi connectivity index (χ2n) is 3.74. The van der Waals surface area contributed by atoms with Crippen LogP contribution in [0.3, 0.4) is 0 Å². The number of anilines is 1. The molecule has 0 bridgehead atoms. The third-order valence-electron chi connectivity index (χ3n) is 2.37. The monoisotopic (exact) mass is 191 g/mol. The molecule has 1 aliphatic carbocycles. The predicted octanol–water partition coefficient (Wildman–Crippen LogP) is 1.64. The molecule has 0 aromatic carbocycles. The summed E-state index contributed by atoms with van der Waals surface area (Å²) in [6.07, 6.45) is 7.55. The van der Waals surface area contributed by atoms with Gasteiger partial charge in [0.1, 0.15) is 0 Å². The van der Waals surface area contributed by atoms with Gasteiger partial charge in [0, 0.05) is 30.7 Å². The second kappa shape index (κ2) is 4.96. The van der Waals surface area contributed by atoms with E-state index in [9.17, 15) is 0 Å². The van der Waals surface area contributed by atoms with Gasteiger partial charge in [-0.25, -0.2) is 0 Å². The summed E-state index contributed by atoms with van der Waals surface area (Å²) < 4.78 is 0. The predicted molar refractivity (Wildman–Crippen MR) is 58.4 cm³/mol. The van der Waals surface area contributed by atoms with Gasteiger partial charge < -0.3 is 10.6 Å². The summed E-state index contributed by atoms with van der Waals surface area (Å²) in [5, 5.41) is 6.85. The third kappa shape index (κ3) is 3.34. The van der Waals surface area contributed by atoms with E-state index in [-0.39, 0.29) is 0 Å². The minimum atomic E-state index is 0.830. The largest absolute Gasteiger partial charge is 0.385 e. The van der Waals surface area contributed by atoms with Crippen LogP contribution in [0.15, 0.2) is 24.5 Å². The van der Waals surface area contributed by atoms with Crippen molar-refractivity contribution in [2.24, 2.45) is 0 Å². The fraction of sp³-hybridized carbons (Fsp3) is 0.545. The average Bonchev–Trinajstić information content (AvgIpc) is 3.03. The van der Waals surface area contributed by atoms with Crippen molar-refractivity contribution in [3.63, 3.8) is 0 Å². The summed E-state index contributed by atoms with van der Waals surface area (Å²) in [5.41, 5.74) is 1.16. The molecule has 0 amide bonds. The summed E-state index contributed by atoms with van der Waals surface area (Å²) in [4.78, 5) is 3.97. The summed E-state index contributed by atoms with van der Waals surface area (Å²) >= 11 is 0. The van der Waals surface area contributed by atoms with E-state index < -0.39 is 0 Å². The number of nitrogens with zero attached hydrogens (tertiary/aromatic N) is 1. The summed E-state index contributed by atoms with van der Waals surface area (Å²) in [7, 11) is 0. The van der Waals surface area contributed by atoms with Gasteiger partial charge in [-0.2, -0.15) is 0 Å². The van der Waals surface area contributed by atoms with Gasteiger partial charge in [-0.1, -0.05) is 0 Å². The molecule has 1 saturated carbocycles. The molecule has 1 heterocycles.